The van der Waals surface area contributed by atoms with Crippen LogP contribution in [0.25, 0.3) is 11.5 Å². The molecule has 0 saturated heterocycles. The quantitative estimate of drug-likeness (QED) is 0.718. The molecule has 1 aromatic carbocycles. The third kappa shape index (κ3) is 4.14. The number of aryl methyl sites for hydroxylation is 1. The zero-order valence-corrected chi connectivity index (χ0v) is 13.6. The van der Waals surface area contributed by atoms with Crippen molar-refractivity contribution in [1.29, 1.82) is 0 Å². The van der Waals surface area contributed by atoms with Crippen LogP contribution in [0.4, 0.5) is 0 Å². The van der Waals surface area contributed by atoms with Crippen molar-refractivity contribution in [3.05, 3.63) is 65.9 Å². The third-order valence-electron chi connectivity index (χ3n) is 3.48. The van der Waals surface area contributed by atoms with Gasteiger partial charge >= 0.3 is 0 Å². The monoisotopic (exact) mass is 339 g/mol. The Kier molecular flexibility index (Phi) is 4.94. The second-order valence-electron chi connectivity index (χ2n) is 5.33. The molecule has 2 aromatic heterocycles. The maximum Gasteiger partial charge on any atom is 0.273 e. The first-order valence-electron chi connectivity index (χ1n) is 7.73. The highest BCUT2D eigenvalue weighted by Crippen LogP contribution is 2.21. The molecule has 25 heavy (non-hydrogen) atoms. The van der Waals surface area contributed by atoms with Gasteiger partial charge < -0.3 is 19.5 Å². The van der Waals surface area contributed by atoms with Crippen molar-refractivity contribution >= 4 is 11.8 Å². The molecular formula is C18H17N3O4. The molecule has 3 aromatic rings. The Bertz CT molecular complexity index is 854. The van der Waals surface area contributed by atoms with Crippen LogP contribution in [0.15, 0.2) is 57.6 Å². The zero-order chi connectivity index (χ0) is 17.6. The van der Waals surface area contributed by atoms with Crippen molar-refractivity contribution < 1.29 is 18.4 Å². The predicted molar refractivity (Wildman–Crippen MR) is 89.6 cm³/mol. The minimum absolute atomic E-state index is 0.160. The summed E-state index contributed by atoms with van der Waals surface area (Å²) in [6, 6.07) is 12.8. The number of furan rings is 1. The first-order chi connectivity index (χ1) is 12.1. The summed E-state index contributed by atoms with van der Waals surface area (Å²) in [5.41, 5.74) is 0.943. The molecule has 0 aliphatic heterocycles. The fourth-order valence-electron chi connectivity index (χ4n) is 2.22. The molecule has 0 radical (unpaired) electrons. The summed E-state index contributed by atoms with van der Waals surface area (Å²) in [5, 5.41) is 5.18. The standard InChI is InChI=1S/C18H17N3O4/c1-12-16(21-18(25-12)13-6-3-2-4-7-13)17(23)20-11-15(22)19-10-14-8-5-9-24-14/h2-9H,10-11H2,1H3,(H,19,22)(H,20,23). The zero-order valence-electron chi connectivity index (χ0n) is 13.6. The van der Waals surface area contributed by atoms with Gasteiger partial charge in [0.1, 0.15) is 11.5 Å². The number of carbonyl (C=O) groups excluding carboxylic acids is 2. The van der Waals surface area contributed by atoms with Crippen molar-refractivity contribution in [3.63, 3.8) is 0 Å². The Morgan fingerprint density at radius 3 is 2.60 bits per heavy atom. The van der Waals surface area contributed by atoms with Crippen molar-refractivity contribution in [2.45, 2.75) is 13.5 Å². The molecule has 0 bridgehead atoms. The summed E-state index contributed by atoms with van der Waals surface area (Å²) < 4.78 is 10.7. The maximum atomic E-state index is 12.2. The van der Waals surface area contributed by atoms with Gasteiger partial charge in [-0.05, 0) is 31.2 Å². The topological polar surface area (TPSA) is 97.4 Å². The fourth-order valence-corrected chi connectivity index (χ4v) is 2.22. The summed E-state index contributed by atoms with van der Waals surface area (Å²) in [6.45, 7) is 1.76. The largest absolute Gasteiger partial charge is 0.467 e. The fraction of sp³-hybridized carbons (Fsp3) is 0.167. The van der Waals surface area contributed by atoms with Crippen LogP contribution in [0.2, 0.25) is 0 Å². The Morgan fingerprint density at radius 2 is 1.88 bits per heavy atom. The molecule has 0 atom stereocenters. The average molecular weight is 339 g/mol. The molecule has 0 unspecified atom stereocenters. The Labute approximate surface area is 144 Å². The SMILES string of the molecule is Cc1oc(-c2ccccc2)nc1C(=O)NCC(=O)NCc1ccco1. The van der Waals surface area contributed by atoms with Gasteiger partial charge in [0.25, 0.3) is 5.91 Å². The van der Waals surface area contributed by atoms with Crippen LogP contribution in [-0.2, 0) is 11.3 Å². The number of carbonyl (C=O) groups is 2. The number of hydrogen-bond acceptors (Lipinski definition) is 5. The summed E-state index contributed by atoms with van der Waals surface area (Å²) in [5.74, 6) is 0.614. The summed E-state index contributed by atoms with van der Waals surface area (Å²) >= 11 is 0. The lowest BCUT2D eigenvalue weighted by Crippen LogP contribution is -2.36. The Balaban J connectivity index is 1.56. The molecule has 0 aliphatic rings. The first kappa shape index (κ1) is 16.5. The minimum atomic E-state index is -0.462. The maximum absolute atomic E-state index is 12.2. The molecule has 2 heterocycles. The molecule has 7 nitrogen and oxygen atoms in total. The van der Waals surface area contributed by atoms with Gasteiger partial charge in [-0.15, -0.1) is 0 Å². The first-order valence-corrected chi connectivity index (χ1v) is 7.73. The van der Waals surface area contributed by atoms with Crippen LogP contribution in [0, 0.1) is 6.92 Å². The normalized spacial score (nSPS) is 10.4. The molecule has 7 heteroatoms. The van der Waals surface area contributed by atoms with Crippen molar-refractivity contribution in [1.82, 2.24) is 15.6 Å². The van der Waals surface area contributed by atoms with Gasteiger partial charge in [-0.2, -0.15) is 0 Å². The molecule has 2 amide bonds. The second-order valence-corrected chi connectivity index (χ2v) is 5.33. The lowest BCUT2D eigenvalue weighted by atomic mass is 10.2. The van der Waals surface area contributed by atoms with Crippen molar-refractivity contribution in [2.75, 3.05) is 6.54 Å². The summed E-state index contributed by atoms with van der Waals surface area (Å²) in [4.78, 5) is 28.2. The predicted octanol–water partition coefficient (Wildman–Crippen LogP) is 2.29. The van der Waals surface area contributed by atoms with Gasteiger partial charge in [-0.3, -0.25) is 9.59 Å². The highest BCUT2D eigenvalue weighted by atomic mass is 16.4. The molecule has 0 aliphatic carbocycles. The van der Waals surface area contributed by atoms with E-state index < -0.39 is 5.91 Å². The third-order valence-corrected chi connectivity index (χ3v) is 3.48. The average Bonchev–Trinajstić information content (AvgIpc) is 3.28. The van der Waals surface area contributed by atoms with E-state index in [1.165, 1.54) is 6.26 Å². The molecule has 128 valence electrons. The van der Waals surface area contributed by atoms with Crippen LogP contribution in [0.3, 0.4) is 0 Å². The van der Waals surface area contributed by atoms with E-state index in [1.807, 2.05) is 30.3 Å². The van der Waals surface area contributed by atoms with E-state index in [0.717, 1.165) is 5.56 Å². The van der Waals surface area contributed by atoms with E-state index in [1.54, 1.807) is 19.1 Å². The van der Waals surface area contributed by atoms with E-state index in [0.29, 0.717) is 17.4 Å². The molecule has 2 N–H and O–H groups in total. The number of oxazole rings is 1. The number of hydrogen-bond donors (Lipinski definition) is 2. The van der Waals surface area contributed by atoms with E-state index in [9.17, 15) is 9.59 Å². The van der Waals surface area contributed by atoms with Crippen LogP contribution in [-0.4, -0.2) is 23.3 Å². The van der Waals surface area contributed by atoms with Crippen LogP contribution >= 0.6 is 0 Å². The van der Waals surface area contributed by atoms with Gasteiger partial charge in [0, 0.05) is 5.56 Å². The number of nitrogens with zero attached hydrogens (tertiary/aromatic N) is 1. The van der Waals surface area contributed by atoms with Crippen molar-refractivity contribution in [3.8, 4) is 11.5 Å². The van der Waals surface area contributed by atoms with Gasteiger partial charge in [0.05, 0.1) is 19.4 Å². The highest BCUT2D eigenvalue weighted by molar-refractivity contribution is 5.96. The molecular weight excluding hydrogens is 322 g/mol. The lowest BCUT2D eigenvalue weighted by molar-refractivity contribution is -0.120. The summed E-state index contributed by atoms with van der Waals surface area (Å²) in [7, 11) is 0. The lowest BCUT2D eigenvalue weighted by Gasteiger charge is -2.04. The van der Waals surface area contributed by atoms with Gasteiger partial charge in [-0.1, -0.05) is 18.2 Å². The number of nitrogens with one attached hydrogen (secondary N) is 2. The number of benzene rings is 1. The second kappa shape index (κ2) is 7.48. The molecule has 0 saturated carbocycles. The molecule has 0 spiro atoms. The van der Waals surface area contributed by atoms with E-state index in [2.05, 4.69) is 15.6 Å². The number of rotatable bonds is 6. The minimum Gasteiger partial charge on any atom is -0.467 e. The smallest absolute Gasteiger partial charge is 0.273 e. The van der Waals surface area contributed by atoms with E-state index >= 15 is 0 Å². The van der Waals surface area contributed by atoms with Crippen LogP contribution < -0.4 is 10.6 Å². The summed E-state index contributed by atoms with van der Waals surface area (Å²) in [6.07, 6.45) is 1.53. The Morgan fingerprint density at radius 1 is 1.08 bits per heavy atom. The van der Waals surface area contributed by atoms with Crippen LogP contribution in [0.5, 0.6) is 0 Å². The van der Waals surface area contributed by atoms with Gasteiger partial charge in [0.15, 0.2) is 5.69 Å². The number of aromatic nitrogens is 1. The van der Waals surface area contributed by atoms with E-state index in [4.69, 9.17) is 8.83 Å². The van der Waals surface area contributed by atoms with Gasteiger partial charge in [0.2, 0.25) is 11.8 Å². The van der Waals surface area contributed by atoms with Crippen molar-refractivity contribution in [2.24, 2.45) is 0 Å². The molecule has 3 rings (SSSR count). The van der Waals surface area contributed by atoms with Crippen LogP contribution in [0.1, 0.15) is 22.0 Å². The molecule has 0 fully saturated rings. The Hall–Kier alpha value is -3.35. The van der Waals surface area contributed by atoms with E-state index in [-0.39, 0.29) is 24.7 Å². The number of amides is 2. The highest BCUT2D eigenvalue weighted by Gasteiger charge is 2.18. The van der Waals surface area contributed by atoms with Gasteiger partial charge in [-0.25, -0.2) is 4.98 Å².